The van der Waals surface area contributed by atoms with E-state index in [4.69, 9.17) is 4.42 Å². The van der Waals surface area contributed by atoms with Crippen molar-refractivity contribution in [3.63, 3.8) is 0 Å². The first-order valence-electron chi connectivity index (χ1n) is 10.5. The van der Waals surface area contributed by atoms with Gasteiger partial charge in [0.2, 0.25) is 11.8 Å². The van der Waals surface area contributed by atoms with E-state index in [0.717, 1.165) is 5.56 Å². The lowest BCUT2D eigenvalue weighted by atomic mass is 9.92. The zero-order valence-corrected chi connectivity index (χ0v) is 17.6. The summed E-state index contributed by atoms with van der Waals surface area (Å²) in [6, 6.07) is 6.34. The van der Waals surface area contributed by atoms with Crippen LogP contribution in [0.1, 0.15) is 41.3 Å². The lowest BCUT2D eigenvalue weighted by molar-refractivity contribution is -0.120. The van der Waals surface area contributed by atoms with Gasteiger partial charge >= 0.3 is 6.03 Å². The summed E-state index contributed by atoms with van der Waals surface area (Å²) >= 11 is 0. The average Bonchev–Trinajstić information content (AvgIpc) is 3.23. The molecule has 3 aromatic rings. The van der Waals surface area contributed by atoms with Gasteiger partial charge in [-0.25, -0.2) is 18.6 Å². The van der Waals surface area contributed by atoms with Gasteiger partial charge in [-0.3, -0.25) is 4.79 Å². The number of halogens is 2. The normalized spacial score (nSPS) is 21.4. The number of urea groups is 1. The Balaban J connectivity index is 1.35. The van der Waals surface area contributed by atoms with Crippen LogP contribution in [0.15, 0.2) is 34.7 Å². The summed E-state index contributed by atoms with van der Waals surface area (Å²) < 4.78 is 34.9. The molecule has 1 saturated heterocycles. The molecule has 1 aliphatic heterocycles. The van der Waals surface area contributed by atoms with Gasteiger partial charge in [0.05, 0.1) is 0 Å². The summed E-state index contributed by atoms with van der Waals surface area (Å²) in [7, 11) is 0. The molecule has 2 atom stereocenters. The van der Waals surface area contributed by atoms with E-state index in [1.54, 1.807) is 6.92 Å². The summed E-state index contributed by atoms with van der Waals surface area (Å²) in [5, 5.41) is 8.01. The van der Waals surface area contributed by atoms with Crippen molar-refractivity contribution in [1.82, 2.24) is 20.9 Å². The molecule has 0 unspecified atom stereocenters. The lowest BCUT2D eigenvalue weighted by Gasteiger charge is -2.22. The molecular weight excluding hydrogens is 418 g/mol. The van der Waals surface area contributed by atoms with Crippen LogP contribution in [0.3, 0.4) is 0 Å². The Bertz CT molecular complexity index is 1230. The van der Waals surface area contributed by atoms with E-state index in [2.05, 4.69) is 20.9 Å². The molecule has 32 heavy (non-hydrogen) atoms. The summed E-state index contributed by atoms with van der Waals surface area (Å²) in [4.78, 5) is 29.7. The van der Waals surface area contributed by atoms with Crippen molar-refractivity contribution >= 4 is 23.0 Å². The number of nitrogens with zero attached hydrogens (tertiary/aromatic N) is 1. The summed E-state index contributed by atoms with van der Waals surface area (Å²) in [6.45, 7) is 3.56. The monoisotopic (exact) mass is 440 g/mol. The second-order valence-electron chi connectivity index (χ2n) is 8.64. The van der Waals surface area contributed by atoms with Gasteiger partial charge in [-0.15, -0.1) is 0 Å². The first-order chi connectivity index (χ1) is 15.3. The number of nitrogens with one attached hydrogen (secondary N) is 3. The molecule has 2 heterocycles. The number of hydrogen-bond donors (Lipinski definition) is 3. The van der Waals surface area contributed by atoms with E-state index < -0.39 is 41.1 Å². The van der Waals surface area contributed by atoms with E-state index in [0.29, 0.717) is 35.4 Å². The van der Waals surface area contributed by atoms with Crippen molar-refractivity contribution < 1.29 is 22.8 Å². The van der Waals surface area contributed by atoms with Gasteiger partial charge < -0.3 is 20.4 Å². The van der Waals surface area contributed by atoms with Gasteiger partial charge in [0.25, 0.3) is 0 Å². The molecule has 0 bridgehead atoms. The molecule has 2 fully saturated rings. The van der Waals surface area contributed by atoms with Gasteiger partial charge in [0.1, 0.15) is 28.7 Å². The first kappa shape index (κ1) is 20.4. The molecule has 9 heteroatoms. The van der Waals surface area contributed by atoms with Gasteiger partial charge in [-0.05, 0) is 62.1 Å². The Labute approximate surface area is 182 Å². The number of carbonyl (C=O) groups is 2. The van der Waals surface area contributed by atoms with E-state index >= 15 is 0 Å². The van der Waals surface area contributed by atoms with Crippen LogP contribution in [-0.2, 0) is 10.3 Å². The molecule has 1 saturated carbocycles. The average molecular weight is 440 g/mol. The second kappa shape index (κ2) is 7.29. The minimum Gasteiger partial charge on any atom is -0.438 e. The topological polar surface area (TPSA) is 96.3 Å². The molecule has 1 aliphatic carbocycles. The fourth-order valence-electron chi connectivity index (χ4n) is 4.28. The maximum Gasteiger partial charge on any atom is 0.316 e. The second-order valence-corrected chi connectivity index (χ2v) is 8.64. The number of aromatic nitrogens is 1. The van der Waals surface area contributed by atoms with Crippen molar-refractivity contribution in [2.75, 3.05) is 6.54 Å². The molecule has 7 nitrogen and oxygen atoms in total. The van der Waals surface area contributed by atoms with Crippen LogP contribution in [0, 0.1) is 25.5 Å². The number of fused-ring (bicyclic) bond motifs is 1. The number of carbonyl (C=O) groups excluding carboxylic acids is 2. The molecule has 166 valence electrons. The summed E-state index contributed by atoms with van der Waals surface area (Å²) in [6.07, 6.45) is 1.27. The van der Waals surface area contributed by atoms with E-state index in [-0.39, 0.29) is 12.1 Å². The van der Waals surface area contributed by atoms with Crippen molar-refractivity contribution in [2.45, 2.75) is 44.2 Å². The Morgan fingerprint density at radius 3 is 2.56 bits per heavy atom. The minimum absolute atomic E-state index is 0.0241. The van der Waals surface area contributed by atoms with E-state index in [1.807, 2.05) is 25.1 Å². The standard InChI is InChI=1S/C23H22F2N4O3/c1-11-3-4-17-16(9-11)27-21(32-17)23(5-6-23)29-22(31)28-19-13(10-26-20(19)30)18-14(24)7-12(2)8-15(18)25/h3-4,7-9,13,19H,5-6,10H2,1-2H3,(H,26,30)(H2,28,29,31)/t13-,19-/m0/s1. The predicted molar refractivity (Wildman–Crippen MR) is 112 cm³/mol. The van der Waals surface area contributed by atoms with Crippen LogP contribution in [0.25, 0.3) is 11.1 Å². The highest BCUT2D eigenvalue weighted by Gasteiger charge is 2.51. The number of amides is 3. The van der Waals surface area contributed by atoms with E-state index in [9.17, 15) is 18.4 Å². The highest BCUT2D eigenvalue weighted by Crippen LogP contribution is 2.46. The van der Waals surface area contributed by atoms with Crippen LogP contribution in [-0.4, -0.2) is 29.5 Å². The molecular formula is C23H22F2N4O3. The van der Waals surface area contributed by atoms with Crippen LogP contribution < -0.4 is 16.0 Å². The fourth-order valence-corrected chi connectivity index (χ4v) is 4.28. The third kappa shape index (κ3) is 3.47. The molecule has 2 aliphatic rings. The van der Waals surface area contributed by atoms with Crippen molar-refractivity contribution in [3.05, 3.63) is 64.5 Å². The number of benzene rings is 2. The third-order valence-corrected chi connectivity index (χ3v) is 6.12. The quantitative estimate of drug-likeness (QED) is 0.580. The minimum atomic E-state index is -1.11. The number of aryl methyl sites for hydroxylation is 2. The van der Waals surface area contributed by atoms with Gasteiger partial charge in [-0.2, -0.15) is 0 Å². The summed E-state index contributed by atoms with van der Waals surface area (Å²) in [5.74, 6) is -2.44. The smallest absolute Gasteiger partial charge is 0.316 e. The van der Waals surface area contributed by atoms with Crippen molar-refractivity contribution in [2.24, 2.45) is 0 Å². The SMILES string of the molecule is Cc1cc(F)c([C@@H]2CNC(=O)[C@H]2NC(=O)NC2(c3nc4cc(C)ccc4o3)CC2)c(F)c1. The Morgan fingerprint density at radius 1 is 1.16 bits per heavy atom. The van der Waals surface area contributed by atoms with Gasteiger partial charge in [0, 0.05) is 18.0 Å². The lowest BCUT2D eigenvalue weighted by Crippen LogP contribution is -2.50. The molecule has 2 aromatic carbocycles. The highest BCUT2D eigenvalue weighted by atomic mass is 19.1. The zero-order valence-electron chi connectivity index (χ0n) is 17.6. The van der Waals surface area contributed by atoms with Crippen LogP contribution in [0.2, 0.25) is 0 Å². The van der Waals surface area contributed by atoms with Crippen LogP contribution in [0.5, 0.6) is 0 Å². The Hall–Kier alpha value is -3.49. The van der Waals surface area contributed by atoms with E-state index in [1.165, 1.54) is 12.1 Å². The predicted octanol–water partition coefficient (Wildman–Crippen LogP) is 3.29. The molecule has 3 N–H and O–H groups in total. The van der Waals surface area contributed by atoms with Crippen molar-refractivity contribution in [1.29, 1.82) is 0 Å². The maximum atomic E-state index is 14.5. The van der Waals surface area contributed by atoms with Gasteiger partial charge in [0.15, 0.2) is 5.58 Å². The summed E-state index contributed by atoms with van der Waals surface area (Å²) in [5.41, 5.74) is 1.83. The largest absolute Gasteiger partial charge is 0.438 e. The molecule has 5 rings (SSSR count). The zero-order chi connectivity index (χ0) is 22.6. The number of hydrogen-bond acceptors (Lipinski definition) is 4. The van der Waals surface area contributed by atoms with Gasteiger partial charge in [-0.1, -0.05) is 6.07 Å². The van der Waals surface area contributed by atoms with Crippen LogP contribution >= 0.6 is 0 Å². The van der Waals surface area contributed by atoms with Crippen LogP contribution in [0.4, 0.5) is 13.6 Å². The molecule has 0 spiro atoms. The number of rotatable bonds is 4. The third-order valence-electron chi connectivity index (χ3n) is 6.12. The highest BCUT2D eigenvalue weighted by molar-refractivity contribution is 5.90. The molecule has 1 aromatic heterocycles. The molecule has 3 amide bonds. The maximum absolute atomic E-state index is 14.5. The number of oxazole rings is 1. The van der Waals surface area contributed by atoms with Crippen molar-refractivity contribution in [3.8, 4) is 0 Å². The first-order valence-corrected chi connectivity index (χ1v) is 10.5. The Kier molecular flexibility index (Phi) is 4.65. The fraction of sp³-hybridized carbons (Fsp3) is 0.348. The molecule has 0 radical (unpaired) electrons. The Morgan fingerprint density at radius 2 is 1.88 bits per heavy atom.